The van der Waals surface area contributed by atoms with Crippen LogP contribution in [0.1, 0.15) is 18.5 Å². The van der Waals surface area contributed by atoms with Gasteiger partial charge in [0, 0.05) is 11.7 Å². The van der Waals surface area contributed by atoms with E-state index in [0.29, 0.717) is 0 Å². The molecule has 3 N–H and O–H groups in total. The van der Waals surface area contributed by atoms with Crippen molar-refractivity contribution in [2.45, 2.75) is 13.0 Å². The summed E-state index contributed by atoms with van der Waals surface area (Å²) < 4.78 is 0. The molecule has 0 saturated heterocycles. The minimum Gasteiger partial charge on any atom is -0.339 e. The lowest BCUT2D eigenvalue weighted by Gasteiger charge is -2.14. The summed E-state index contributed by atoms with van der Waals surface area (Å²) in [4.78, 5) is 9.54. The van der Waals surface area contributed by atoms with Gasteiger partial charge in [0.2, 0.25) is 0 Å². The SMILES string of the molecule is CC(N)c1ccccc1Nc1ncnc2sccc12. The van der Waals surface area contributed by atoms with Gasteiger partial charge in [-0.05, 0) is 30.0 Å². The molecule has 19 heavy (non-hydrogen) atoms. The van der Waals surface area contributed by atoms with E-state index in [1.165, 1.54) is 0 Å². The molecule has 0 aliphatic rings. The Labute approximate surface area is 115 Å². The monoisotopic (exact) mass is 270 g/mol. The molecule has 0 aliphatic heterocycles. The number of nitrogens with zero attached hydrogens (tertiary/aromatic N) is 2. The molecule has 1 aromatic carbocycles. The van der Waals surface area contributed by atoms with Gasteiger partial charge in [-0.1, -0.05) is 18.2 Å². The zero-order valence-corrected chi connectivity index (χ0v) is 11.3. The highest BCUT2D eigenvalue weighted by molar-refractivity contribution is 7.16. The normalized spacial score (nSPS) is 12.5. The molecule has 0 spiro atoms. The van der Waals surface area contributed by atoms with Gasteiger partial charge < -0.3 is 11.1 Å². The van der Waals surface area contributed by atoms with E-state index in [-0.39, 0.29) is 6.04 Å². The quantitative estimate of drug-likeness (QED) is 0.765. The van der Waals surface area contributed by atoms with Crippen LogP contribution in [-0.2, 0) is 0 Å². The van der Waals surface area contributed by atoms with Crippen molar-refractivity contribution in [3.8, 4) is 0 Å². The van der Waals surface area contributed by atoms with E-state index in [0.717, 1.165) is 27.3 Å². The highest BCUT2D eigenvalue weighted by Gasteiger charge is 2.09. The summed E-state index contributed by atoms with van der Waals surface area (Å²) in [6.07, 6.45) is 1.58. The Hall–Kier alpha value is -1.98. The average Bonchev–Trinajstić information content (AvgIpc) is 2.88. The Kier molecular flexibility index (Phi) is 3.15. The molecular weight excluding hydrogens is 256 g/mol. The molecule has 3 rings (SSSR count). The van der Waals surface area contributed by atoms with Crippen molar-refractivity contribution < 1.29 is 0 Å². The van der Waals surface area contributed by atoms with Crippen molar-refractivity contribution in [3.63, 3.8) is 0 Å². The van der Waals surface area contributed by atoms with Crippen molar-refractivity contribution in [1.29, 1.82) is 0 Å². The first kappa shape index (κ1) is 12.1. The van der Waals surface area contributed by atoms with E-state index in [4.69, 9.17) is 5.73 Å². The summed E-state index contributed by atoms with van der Waals surface area (Å²) in [5, 5.41) is 6.41. The van der Waals surface area contributed by atoms with Gasteiger partial charge in [-0.25, -0.2) is 9.97 Å². The van der Waals surface area contributed by atoms with Gasteiger partial charge in [0.15, 0.2) is 0 Å². The van der Waals surface area contributed by atoms with Gasteiger partial charge >= 0.3 is 0 Å². The first-order valence-corrected chi connectivity index (χ1v) is 6.93. The third-order valence-corrected chi connectivity index (χ3v) is 3.79. The Morgan fingerprint density at radius 1 is 1.21 bits per heavy atom. The van der Waals surface area contributed by atoms with Gasteiger partial charge in [-0.15, -0.1) is 11.3 Å². The molecule has 2 aromatic heterocycles. The number of anilines is 2. The summed E-state index contributed by atoms with van der Waals surface area (Å²) >= 11 is 1.61. The van der Waals surface area contributed by atoms with Gasteiger partial charge in [0.05, 0.1) is 5.39 Å². The van der Waals surface area contributed by atoms with Crippen LogP contribution in [0.4, 0.5) is 11.5 Å². The molecule has 5 heteroatoms. The Bertz CT molecular complexity index is 705. The molecule has 3 aromatic rings. The third kappa shape index (κ3) is 2.30. The largest absolute Gasteiger partial charge is 0.339 e. The summed E-state index contributed by atoms with van der Waals surface area (Å²) in [5.41, 5.74) is 8.05. The fourth-order valence-corrected chi connectivity index (χ4v) is 2.76. The molecule has 0 bridgehead atoms. The fraction of sp³-hybridized carbons (Fsp3) is 0.143. The van der Waals surface area contributed by atoms with Crippen LogP contribution >= 0.6 is 11.3 Å². The van der Waals surface area contributed by atoms with Gasteiger partial charge in [-0.3, -0.25) is 0 Å². The number of rotatable bonds is 3. The lowest BCUT2D eigenvalue weighted by molar-refractivity contribution is 0.820. The number of nitrogens with two attached hydrogens (primary N) is 1. The zero-order valence-electron chi connectivity index (χ0n) is 10.5. The molecule has 0 amide bonds. The van der Waals surface area contributed by atoms with Crippen LogP contribution in [0.25, 0.3) is 10.2 Å². The molecule has 0 fully saturated rings. The molecule has 1 atom stereocenters. The van der Waals surface area contributed by atoms with Crippen LogP contribution in [0.2, 0.25) is 0 Å². The smallest absolute Gasteiger partial charge is 0.142 e. The van der Waals surface area contributed by atoms with Crippen molar-refractivity contribution in [2.24, 2.45) is 5.73 Å². The third-order valence-electron chi connectivity index (χ3n) is 2.97. The maximum absolute atomic E-state index is 5.99. The maximum atomic E-state index is 5.99. The molecule has 96 valence electrons. The van der Waals surface area contributed by atoms with Gasteiger partial charge in [-0.2, -0.15) is 0 Å². The first-order valence-electron chi connectivity index (χ1n) is 6.05. The first-order chi connectivity index (χ1) is 9.25. The minimum absolute atomic E-state index is 0.0245. The zero-order chi connectivity index (χ0) is 13.2. The molecule has 0 aliphatic carbocycles. The van der Waals surface area contributed by atoms with Crippen LogP contribution in [0.5, 0.6) is 0 Å². The van der Waals surface area contributed by atoms with Crippen molar-refractivity contribution in [2.75, 3.05) is 5.32 Å². The summed E-state index contributed by atoms with van der Waals surface area (Å²) in [6.45, 7) is 1.97. The Morgan fingerprint density at radius 2 is 2.05 bits per heavy atom. The van der Waals surface area contributed by atoms with Crippen molar-refractivity contribution in [1.82, 2.24) is 9.97 Å². The Balaban J connectivity index is 2.04. The lowest BCUT2D eigenvalue weighted by Crippen LogP contribution is -2.08. The van der Waals surface area contributed by atoms with E-state index in [1.54, 1.807) is 17.7 Å². The van der Waals surface area contributed by atoms with Crippen molar-refractivity contribution >= 4 is 33.1 Å². The van der Waals surface area contributed by atoms with Crippen LogP contribution in [-0.4, -0.2) is 9.97 Å². The second-order valence-electron chi connectivity index (χ2n) is 4.36. The van der Waals surface area contributed by atoms with E-state index in [1.807, 2.05) is 42.6 Å². The highest BCUT2D eigenvalue weighted by Crippen LogP contribution is 2.29. The molecular formula is C14H14N4S. The molecule has 0 radical (unpaired) electrons. The topological polar surface area (TPSA) is 63.8 Å². The van der Waals surface area contributed by atoms with E-state index < -0.39 is 0 Å². The Morgan fingerprint density at radius 3 is 2.89 bits per heavy atom. The molecule has 0 saturated carbocycles. The molecule has 4 nitrogen and oxygen atoms in total. The summed E-state index contributed by atoms with van der Waals surface area (Å²) in [6, 6.07) is 10.0. The predicted octanol–water partition coefficient (Wildman–Crippen LogP) is 3.45. The average molecular weight is 270 g/mol. The number of benzene rings is 1. The predicted molar refractivity (Wildman–Crippen MR) is 79.7 cm³/mol. The van der Waals surface area contributed by atoms with E-state index in [9.17, 15) is 0 Å². The van der Waals surface area contributed by atoms with Crippen LogP contribution in [0, 0.1) is 0 Å². The van der Waals surface area contributed by atoms with Crippen LogP contribution in [0.3, 0.4) is 0 Å². The number of hydrogen-bond acceptors (Lipinski definition) is 5. The standard InChI is InChI=1S/C14H14N4S/c1-9(15)10-4-2-3-5-12(10)18-13-11-6-7-19-14(11)17-8-16-13/h2-9H,15H2,1H3,(H,16,17,18). The fourth-order valence-electron chi connectivity index (χ4n) is 2.03. The number of nitrogens with one attached hydrogen (secondary N) is 1. The van der Waals surface area contributed by atoms with Crippen molar-refractivity contribution in [3.05, 3.63) is 47.6 Å². The summed E-state index contributed by atoms with van der Waals surface area (Å²) in [5.74, 6) is 0.819. The van der Waals surface area contributed by atoms with E-state index >= 15 is 0 Å². The number of hydrogen-bond donors (Lipinski definition) is 2. The van der Waals surface area contributed by atoms with E-state index in [2.05, 4.69) is 15.3 Å². The number of fused-ring (bicyclic) bond motifs is 1. The van der Waals surface area contributed by atoms with Gasteiger partial charge in [0.25, 0.3) is 0 Å². The highest BCUT2D eigenvalue weighted by atomic mass is 32.1. The van der Waals surface area contributed by atoms with Gasteiger partial charge in [0.1, 0.15) is 17.0 Å². The number of thiophene rings is 1. The molecule has 1 unspecified atom stereocenters. The minimum atomic E-state index is -0.0245. The maximum Gasteiger partial charge on any atom is 0.142 e. The summed E-state index contributed by atoms with van der Waals surface area (Å²) in [7, 11) is 0. The second kappa shape index (κ2) is 4.95. The molecule has 2 heterocycles. The second-order valence-corrected chi connectivity index (χ2v) is 5.26. The number of para-hydroxylation sites is 1. The van der Waals surface area contributed by atoms with Crippen LogP contribution in [0.15, 0.2) is 42.0 Å². The number of aromatic nitrogens is 2. The lowest BCUT2D eigenvalue weighted by atomic mass is 10.1. The van der Waals surface area contributed by atoms with Crippen LogP contribution < -0.4 is 11.1 Å².